The first-order chi connectivity index (χ1) is 16.7. The van der Waals surface area contributed by atoms with Crippen LogP contribution in [0.15, 0.2) is 72.8 Å². The summed E-state index contributed by atoms with van der Waals surface area (Å²) in [5, 5.41) is 3.99. The molecule has 0 fully saturated rings. The van der Waals surface area contributed by atoms with Gasteiger partial charge in [0.15, 0.2) is 0 Å². The van der Waals surface area contributed by atoms with E-state index >= 15 is 0 Å². The van der Waals surface area contributed by atoms with Gasteiger partial charge in [-0.3, -0.25) is 9.59 Å². The van der Waals surface area contributed by atoms with E-state index in [0.717, 1.165) is 16.7 Å². The number of amides is 2. The molecule has 0 aromatic heterocycles. The first-order valence-corrected chi connectivity index (χ1v) is 12.6. The van der Waals surface area contributed by atoms with Gasteiger partial charge in [-0.05, 0) is 56.0 Å². The van der Waals surface area contributed by atoms with Crippen molar-refractivity contribution in [2.45, 2.75) is 58.7 Å². The molecule has 0 spiro atoms. The van der Waals surface area contributed by atoms with Crippen LogP contribution in [0.4, 0.5) is 0 Å². The Morgan fingerprint density at radius 2 is 1.60 bits per heavy atom. The molecule has 1 N–H and O–H groups in total. The van der Waals surface area contributed by atoms with Gasteiger partial charge < -0.3 is 10.2 Å². The van der Waals surface area contributed by atoms with E-state index in [4.69, 9.17) is 23.2 Å². The zero-order valence-electron chi connectivity index (χ0n) is 20.4. The Labute approximate surface area is 218 Å². The van der Waals surface area contributed by atoms with Gasteiger partial charge in [-0.1, -0.05) is 89.4 Å². The van der Waals surface area contributed by atoms with Crippen LogP contribution in [0.25, 0.3) is 0 Å². The normalized spacial score (nSPS) is 11.8. The summed E-state index contributed by atoms with van der Waals surface area (Å²) in [6, 6.07) is 22.4. The highest BCUT2D eigenvalue weighted by Crippen LogP contribution is 2.25. The van der Waals surface area contributed by atoms with Gasteiger partial charge in [0.2, 0.25) is 11.8 Å². The fourth-order valence-electron chi connectivity index (χ4n) is 3.92. The second-order valence-corrected chi connectivity index (χ2v) is 9.96. The summed E-state index contributed by atoms with van der Waals surface area (Å²) in [4.78, 5) is 28.7. The van der Waals surface area contributed by atoms with Gasteiger partial charge in [0.1, 0.15) is 6.04 Å². The quantitative estimate of drug-likeness (QED) is 0.343. The van der Waals surface area contributed by atoms with E-state index in [1.807, 2.05) is 81.4 Å². The summed E-state index contributed by atoms with van der Waals surface area (Å²) in [7, 11) is 0. The van der Waals surface area contributed by atoms with Crippen molar-refractivity contribution in [2.24, 2.45) is 0 Å². The maximum atomic E-state index is 13.7. The number of rotatable bonds is 10. The second kappa shape index (κ2) is 12.8. The standard InChI is InChI=1S/C29H32Cl2N2O2/c1-20(2)32-29(35)27(17-23-7-5-4-6-8-23)33(19-24-14-15-25(30)18-26(24)31)28(34)16-13-22-11-9-21(3)10-12-22/h4-12,14-15,18,20,27H,13,16-17,19H2,1-3H3,(H,32,35). The smallest absolute Gasteiger partial charge is 0.243 e. The lowest BCUT2D eigenvalue weighted by Gasteiger charge is -2.32. The molecule has 35 heavy (non-hydrogen) atoms. The Morgan fingerprint density at radius 3 is 2.23 bits per heavy atom. The molecule has 3 aromatic rings. The van der Waals surface area contributed by atoms with Crippen molar-refractivity contribution in [3.8, 4) is 0 Å². The van der Waals surface area contributed by atoms with Crippen LogP contribution < -0.4 is 5.32 Å². The lowest BCUT2D eigenvalue weighted by atomic mass is 10.0. The summed E-state index contributed by atoms with van der Waals surface area (Å²) in [5.41, 5.74) is 3.98. The van der Waals surface area contributed by atoms with Gasteiger partial charge in [0, 0.05) is 35.5 Å². The van der Waals surface area contributed by atoms with Gasteiger partial charge in [-0.15, -0.1) is 0 Å². The van der Waals surface area contributed by atoms with Gasteiger partial charge in [-0.25, -0.2) is 0 Å². The average molecular weight is 511 g/mol. The third-order valence-corrected chi connectivity index (χ3v) is 6.39. The molecule has 0 heterocycles. The van der Waals surface area contributed by atoms with Gasteiger partial charge in [-0.2, -0.15) is 0 Å². The van der Waals surface area contributed by atoms with Gasteiger partial charge in [0.25, 0.3) is 0 Å². The number of hydrogen-bond donors (Lipinski definition) is 1. The van der Waals surface area contributed by atoms with Gasteiger partial charge in [0.05, 0.1) is 0 Å². The predicted octanol–water partition coefficient (Wildman–Crippen LogP) is 6.40. The average Bonchev–Trinajstić information content (AvgIpc) is 2.82. The minimum absolute atomic E-state index is 0.0515. The molecule has 184 valence electrons. The van der Waals surface area contributed by atoms with Crippen LogP contribution in [0.3, 0.4) is 0 Å². The number of carbonyl (C=O) groups is 2. The summed E-state index contributed by atoms with van der Waals surface area (Å²) in [5.74, 6) is -0.283. The van der Waals surface area contributed by atoms with E-state index in [9.17, 15) is 9.59 Å². The molecule has 1 unspecified atom stereocenters. The minimum Gasteiger partial charge on any atom is -0.352 e. The lowest BCUT2D eigenvalue weighted by molar-refractivity contribution is -0.141. The Bertz CT molecular complexity index is 1130. The number of hydrogen-bond acceptors (Lipinski definition) is 2. The Hall–Kier alpha value is -2.82. The highest BCUT2D eigenvalue weighted by Gasteiger charge is 2.31. The molecule has 0 aliphatic rings. The molecule has 6 heteroatoms. The van der Waals surface area contributed by atoms with Crippen LogP contribution in [-0.4, -0.2) is 28.8 Å². The van der Waals surface area contributed by atoms with E-state index in [2.05, 4.69) is 5.32 Å². The van der Waals surface area contributed by atoms with Crippen LogP contribution in [-0.2, 0) is 29.0 Å². The van der Waals surface area contributed by atoms with E-state index in [-0.39, 0.29) is 30.8 Å². The first kappa shape index (κ1) is 26.8. The lowest BCUT2D eigenvalue weighted by Crippen LogP contribution is -2.51. The molecule has 0 saturated heterocycles. The predicted molar refractivity (Wildman–Crippen MR) is 144 cm³/mol. The van der Waals surface area contributed by atoms with Crippen molar-refractivity contribution in [1.29, 1.82) is 0 Å². The van der Waals surface area contributed by atoms with Crippen molar-refractivity contribution in [1.82, 2.24) is 10.2 Å². The van der Waals surface area contributed by atoms with Crippen molar-refractivity contribution >= 4 is 35.0 Å². The highest BCUT2D eigenvalue weighted by atomic mass is 35.5. The largest absolute Gasteiger partial charge is 0.352 e. The monoisotopic (exact) mass is 510 g/mol. The van der Waals surface area contributed by atoms with E-state index in [1.165, 1.54) is 5.56 Å². The minimum atomic E-state index is -0.683. The van der Waals surface area contributed by atoms with Crippen LogP contribution in [0.1, 0.15) is 42.5 Å². The Balaban J connectivity index is 1.93. The van der Waals surface area contributed by atoms with Crippen molar-refractivity contribution in [3.63, 3.8) is 0 Å². The van der Waals surface area contributed by atoms with Crippen molar-refractivity contribution in [2.75, 3.05) is 0 Å². The van der Waals surface area contributed by atoms with Gasteiger partial charge >= 0.3 is 0 Å². The number of carbonyl (C=O) groups excluding carboxylic acids is 2. The highest BCUT2D eigenvalue weighted by molar-refractivity contribution is 6.35. The van der Waals surface area contributed by atoms with Crippen molar-refractivity contribution < 1.29 is 9.59 Å². The molecule has 4 nitrogen and oxygen atoms in total. The summed E-state index contributed by atoms with van der Waals surface area (Å²) < 4.78 is 0. The zero-order valence-corrected chi connectivity index (χ0v) is 21.9. The first-order valence-electron chi connectivity index (χ1n) is 11.9. The molecule has 0 aliphatic heterocycles. The van der Waals surface area contributed by atoms with E-state index in [0.29, 0.717) is 22.9 Å². The molecule has 1 atom stereocenters. The molecule has 3 aromatic carbocycles. The Kier molecular flexibility index (Phi) is 9.76. The fourth-order valence-corrected chi connectivity index (χ4v) is 4.39. The molecule has 0 bridgehead atoms. The van der Waals surface area contributed by atoms with Crippen molar-refractivity contribution in [3.05, 3.63) is 105 Å². The maximum Gasteiger partial charge on any atom is 0.243 e. The summed E-state index contributed by atoms with van der Waals surface area (Å²) >= 11 is 12.6. The molecule has 2 amide bonds. The topological polar surface area (TPSA) is 49.4 Å². The molecular formula is C29H32Cl2N2O2. The summed E-state index contributed by atoms with van der Waals surface area (Å²) in [6.45, 7) is 6.08. The SMILES string of the molecule is Cc1ccc(CCC(=O)N(Cc2ccc(Cl)cc2Cl)C(Cc2ccccc2)C(=O)NC(C)C)cc1. The number of aryl methyl sites for hydroxylation is 2. The zero-order chi connectivity index (χ0) is 25.4. The van der Waals surface area contributed by atoms with Crippen LogP contribution in [0, 0.1) is 6.92 Å². The van der Waals surface area contributed by atoms with Crippen LogP contribution >= 0.6 is 23.2 Å². The third kappa shape index (κ3) is 8.12. The molecule has 3 rings (SSSR count). The maximum absolute atomic E-state index is 13.7. The summed E-state index contributed by atoms with van der Waals surface area (Å²) in [6.07, 6.45) is 1.28. The number of benzene rings is 3. The Morgan fingerprint density at radius 1 is 0.914 bits per heavy atom. The van der Waals surface area contributed by atoms with Crippen LogP contribution in [0.5, 0.6) is 0 Å². The van der Waals surface area contributed by atoms with E-state index < -0.39 is 6.04 Å². The number of nitrogens with one attached hydrogen (secondary N) is 1. The third-order valence-electron chi connectivity index (χ3n) is 5.81. The number of nitrogens with zero attached hydrogens (tertiary/aromatic N) is 1. The fraction of sp³-hybridized carbons (Fsp3) is 0.310. The van der Waals surface area contributed by atoms with Crippen LogP contribution in [0.2, 0.25) is 10.0 Å². The van der Waals surface area contributed by atoms with E-state index in [1.54, 1.807) is 17.0 Å². The number of halogens is 2. The molecule has 0 radical (unpaired) electrons. The molecule has 0 saturated carbocycles. The second-order valence-electron chi connectivity index (χ2n) is 9.11. The molecule has 0 aliphatic carbocycles. The molecular weight excluding hydrogens is 479 g/mol.